The van der Waals surface area contributed by atoms with Gasteiger partial charge in [0.05, 0.1) is 64.1 Å². The van der Waals surface area contributed by atoms with Gasteiger partial charge in [-0.1, -0.05) is 12.1 Å². The molecule has 62 heavy (non-hydrogen) atoms. The number of hydrogen-bond acceptors (Lipinski definition) is 13. The fourth-order valence-corrected chi connectivity index (χ4v) is 8.64. The Morgan fingerprint density at radius 1 is 1.02 bits per heavy atom. The number of aliphatic hydroxyl groups is 1. The van der Waals surface area contributed by atoms with E-state index in [4.69, 9.17) is 14.7 Å². The Hall–Kier alpha value is -6.89. The van der Waals surface area contributed by atoms with Crippen molar-refractivity contribution in [1.29, 1.82) is 5.26 Å². The second-order valence-electron chi connectivity index (χ2n) is 14.5. The lowest BCUT2D eigenvalue weighted by atomic mass is 9.83. The molecule has 0 saturated carbocycles. The van der Waals surface area contributed by atoms with Gasteiger partial charge in [0.15, 0.2) is 15.4 Å². The molecule has 0 spiro atoms. The second-order valence-corrected chi connectivity index (χ2v) is 16.5. The predicted octanol–water partition coefficient (Wildman–Crippen LogP) is 5.05. The maximum atomic E-state index is 14.6. The molecule has 6 aromatic rings. The first-order valence-corrected chi connectivity index (χ1v) is 20.4. The van der Waals surface area contributed by atoms with E-state index in [2.05, 4.69) is 36.2 Å². The molecule has 1 aliphatic rings. The summed E-state index contributed by atoms with van der Waals surface area (Å²) >= 11 is 0. The number of aryl methyl sites for hydroxylation is 1. The normalized spacial score (nSPS) is 15.9. The van der Waals surface area contributed by atoms with E-state index in [0.717, 1.165) is 30.3 Å². The van der Waals surface area contributed by atoms with Crippen molar-refractivity contribution < 1.29 is 45.4 Å². The minimum absolute atomic E-state index is 0.131. The highest BCUT2D eigenvalue weighted by Crippen LogP contribution is 2.46. The Kier molecular flexibility index (Phi) is 12.0. The summed E-state index contributed by atoms with van der Waals surface area (Å²) in [5, 5.41) is 40.3. The van der Waals surface area contributed by atoms with Crippen molar-refractivity contribution in [2.45, 2.75) is 35.6 Å². The summed E-state index contributed by atoms with van der Waals surface area (Å²) in [6.45, 7) is 2.02. The van der Waals surface area contributed by atoms with Gasteiger partial charge >= 0.3 is 6.18 Å². The molecule has 1 aliphatic heterocycles. The van der Waals surface area contributed by atoms with E-state index in [9.17, 15) is 40.7 Å². The Balaban J connectivity index is 0.875. The molecule has 16 nitrogen and oxygen atoms in total. The molecule has 0 aliphatic carbocycles. The first-order valence-electron chi connectivity index (χ1n) is 18.8. The number of halogens is 4. The van der Waals surface area contributed by atoms with Gasteiger partial charge in [-0.15, -0.1) is 0 Å². The average Bonchev–Trinajstić information content (AvgIpc) is 3.65. The monoisotopic (exact) mass is 875 g/mol. The number of amides is 1. The Labute approximate surface area is 350 Å². The van der Waals surface area contributed by atoms with Crippen molar-refractivity contribution in [1.82, 2.24) is 25.0 Å². The van der Waals surface area contributed by atoms with Crippen LogP contribution >= 0.6 is 0 Å². The second kappa shape index (κ2) is 17.2. The van der Waals surface area contributed by atoms with Crippen molar-refractivity contribution >= 4 is 43.6 Å². The summed E-state index contributed by atoms with van der Waals surface area (Å²) in [5.41, 5.74) is -2.78. The minimum Gasteiger partial charge on any atom is -0.491 e. The first kappa shape index (κ1) is 43.2. The van der Waals surface area contributed by atoms with E-state index >= 15 is 0 Å². The van der Waals surface area contributed by atoms with Crippen LogP contribution in [0, 0.1) is 17.1 Å². The number of ether oxygens (including phenoxy) is 2. The average molecular weight is 876 g/mol. The molecule has 4 aromatic carbocycles. The van der Waals surface area contributed by atoms with Crippen molar-refractivity contribution in [3.05, 3.63) is 130 Å². The zero-order chi connectivity index (χ0) is 44.4. The van der Waals surface area contributed by atoms with Crippen molar-refractivity contribution in [2.24, 2.45) is 7.05 Å². The van der Waals surface area contributed by atoms with Crippen molar-refractivity contribution in [3.63, 3.8) is 0 Å². The zero-order valence-electron chi connectivity index (χ0n) is 32.8. The third kappa shape index (κ3) is 9.21. The quantitative estimate of drug-likeness (QED) is 0.0674. The van der Waals surface area contributed by atoms with E-state index in [1.165, 1.54) is 48.8 Å². The van der Waals surface area contributed by atoms with Gasteiger partial charge in [0, 0.05) is 36.0 Å². The number of aromatic amines is 1. The van der Waals surface area contributed by atoms with Gasteiger partial charge in [-0.2, -0.15) is 28.6 Å². The van der Waals surface area contributed by atoms with Crippen LogP contribution in [0.4, 0.5) is 34.6 Å². The summed E-state index contributed by atoms with van der Waals surface area (Å²) < 4.78 is 93.7. The van der Waals surface area contributed by atoms with Gasteiger partial charge in [0.1, 0.15) is 30.3 Å². The van der Waals surface area contributed by atoms with Crippen LogP contribution in [0.2, 0.25) is 0 Å². The van der Waals surface area contributed by atoms with Crippen molar-refractivity contribution in [2.75, 3.05) is 48.1 Å². The predicted molar refractivity (Wildman–Crippen MR) is 217 cm³/mol. The summed E-state index contributed by atoms with van der Waals surface area (Å²) in [5.74, 6) is -2.47. The van der Waals surface area contributed by atoms with Gasteiger partial charge in [-0.05, 0) is 79.2 Å². The topological polar surface area (TPSA) is 226 Å². The number of hydrogen-bond donors (Lipinski definition) is 5. The summed E-state index contributed by atoms with van der Waals surface area (Å²) in [6, 6.07) is 18.7. The number of carbonyl (C=O) groups excluding carboxylic acids is 1. The Morgan fingerprint density at radius 3 is 2.42 bits per heavy atom. The van der Waals surface area contributed by atoms with Crippen LogP contribution in [0.3, 0.4) is 0 Å². The number of nitrogens with one attached hydrogen (secondary N) is 4. The van der Waals surface area contributed by atoms with Crippen LogP contribution in [0.1, 0.15) is 47.1 Å². The van der Waals surface area contributed by atoms with E-state index < -0.39 is 67.7 Å². The molecule has 0 radical (unpaired) electrons. The van der Waals surface area contributed by atoms with Crippen LogP contribution in [0.15, 0.2) is 94.9 Å². The number of carbonyl (C=O) groups is 1. The first-order chi connectivity index (χ1) is 29.4. The number of alkyl halides is 3. The number of H-pyrrole nitrogens is 1. The number of nitriles is 1. The largest absolute Gasteiger partial charge is 0.491 e. The van der Waals surface area contributed by atoms with Gasteiger partial charge < -0.3 is 30.5 Å². The van der Waals surface area contributed by atoms with E-state index in [-0.39, 0.29) is 29.2 Å². The fraction of sp³-hybridized carbons (Fsp3) is 0.268. The number of sulfone groups is 1. The molecule has 3 atom stereocenters. The zero-order valence-corrected chi connectivity index (χ0v) is 33.6. The van der Waals surface area contributed by atoms with Crippen LogP contribution in [0.5, 0.6) is 5.75 Å². The molecule has 2 aromatic heterocycles. The minimum atomic E-state index is -4.89. The third-order valence-electron chi connectivity index (χ3n) is 10.0. The molecule has 322 valence electrons. The Bertz CT molecular complexity index is 2840. The fourth-order valence-electron chi connectivity index (χ4n) is 7.05. The third-order valence-corrected chi connectivity index (χ3v) is 12.0. The van der Waals surface area contributed by atoms with Gasteiger partial charge in [-0.25, -0.2) is 22.9 Å². The molecule has 1 amide bonds. The molecular weight excluding hydrogens is 839 g/mol. The maximum absolute atomic E-state index is 14.6. The van der Waals surface area contributed by atoms with Gasteiger partial charge in [0.25, 0.3) is 11.5 Å². The molecule has 0 saturated heterocycles. The van der Waals surface area contributed by atoms with Gasteiger partial charge in [0.2, 0.25) is 0 Å². The molecular formula is C41H37F4N9O7S. The lowest BCUT2D eigenvalue weighted by Gasteiger charge is -2.33. The standard InChI is InChI=1S/C41H37F4N9O7S/c1-40(57,39(56)50-27-8-5-24(20-46)31(19-27)41(43,44)45)21-62(58,59)29-11-9-28(10-12-29)61-16-15-60-14-13-47-26-6-3-23(4-7-26)35-34(37-48-22-49-54(37)2)36-33-30(38(55)53-52-36)17-25(42)18-32(33)51-35/h3-12,17-19,22,34-35,47,51,57H,13-16,21H2,1-2H3,(H,50,56)(H,53,55)/t34-,35-,40?/m1/s1. The smallest absolute Gasteiger partial charge is 0.417 e. The van der Waals surface area contributed by atoms with E-state index in [0.29, 0.717) is 47.6 Å². The molecule has 1 unspecified atom stereocenters. The number of anilines is 3. The summed E-state index contributed by atoms with van der Waals surface area (Å²) in [7, 11) is -2.51. The van der Waals surface area contributed by atoms with Crippen LogP contribution in [0.25, 0.3) is 10.8 Å². The van der Waals surface area contributed by atoms with Gasteiger partial charge in [-0.3, -0.25) is 14.3 Å². The number of nitrogens with zero attached hydrogens (tertiary/aromatic N) is 5. The highest BCUT2D eigenvalue weighted by atomic mass is 32.2. The number of aromatic nitrogens is 5. The molecule has 21 heteroatoms. The molecule has 3 heterocycles. The van der Waals surface area contributed by atoms with Crippen LogP contribution in [-0.4, -0.2) is 82.1 Å². The molecule has 7 rings (SSSR count). The molecule has 0 fully saturated rings. The highest BCUT2D eigenvalue weighted by Gasteiger charge is 2.39. The van der Waals surface area contributed by atoms with E-state index in [1.54, 1.807) is 11.7 Å². The van der Waals surface area contributed by atoms with Crippen molar-refractivity contribution in [3.8, 4) is 11.8 Å². The number of benzene rings is 4. The van der Waals surface area contributed by atoms with Crippen LogP contribution in [-0.2, 0) is 32.6 Å². The summed E-state index contributed by atoms with van der Waals surface area (Å²) in [4.78, 5) is 29.6. The highest BCUT2D eigenvalue weighted by molar-refractivity contribution is 7.91. The van der Waals surface area contributed by atoms with Crippen LogP contribution < -0.4 is 26.2 Å². The number of rotatable bonds is 15. The Morgan fingerprint density at radius 2 is 1.74 bits per heavy atom. The van der Waals surface area contributed by atoms with E-state index in [1.807, 2.05) is 24.3 Å². The lowest BCUT2D eigenvalue weighted by molar-refractivity contribution is -0.137. The lowest BCUT2D eigenvalue weighted by Crippen LogP contribution is -2.45. The molecule has 0 bridgehead atoms. The summed E-state index contributed by atoms with van der Waals surface area (Å²) in [6.07, 6.45) is -3.46. The molecule has 5 N–H and O–H groups in total. The SMILES string of the molecule is Cn1ncnc1[C@H]1c2n[nH]c(=O)c3cc(F)cc(c23)N[C@@H]1c1ccc(NCCOCCOc2ccc(S(=O)(=O)CC(C)(O)C(=O)Nc3ccc(C#N)c(C(F)(F)F)c3)cc2)cc1. The maximum Gasteiger partial charge on any atom is 0.417 e.